The number of hydrogen-bond donors (Lipinski definition) is 1. The number of nitrogens with zero attached hydrogens (tertiary/aromatic N) is 1. The Morgan fingerprint density at radius 3 is 2.75 bits per heavy atom. The molecule has 2 heterocycles. The molecule has 24 heavy (non-hydrogen) atoms. The van der Waals surface area contributed by atoms with Gasteiger partial charge in [-0.05, 0) is 42.0 Å². The van der Waals surface area contributed by atoms with Crippen LogP contribution in [0.3, 0.4) is 0 Å². The minimum absolute atomic E-state index is 0.0208. The summed E-state index contributed by atoms with van der Waals surface area (Å²) in [6.07, 6.45) is 2.11. The van der Waals surface area contributed by atoms with E-state index in [-0.39, 0.29) is 17.7 Å². The first-order chi connectivity index (χ1) is 11.7. The van der Waals surface area contributed by atoms with Crippen LogP contribution in [0.2, 0.25) is 0 Å². The number of aryl methyl sites for hydroxylation is 1. The fourth-order valence-corrected chi connectivity index (χ4v) is 3.66. The summed E-state index contributed by atoms with van der Waals surface area (Å²) in [5.41, 5.74) is 2.12. The van der Waals surface area contributed by atoms with Gasteiger partial charge in [0, 0.05) is 30.1 Å². The van der Waals surface area contributed by atoms with Gasteiger partial charge in [0.25, 0.3) is 0 Å². The molecular weight excluding hydrogens is 320 g/mol. The Hall–Kier alpha value is -2.14. The summed E-state index contributed by atoms with van der Waals surface area (Å²) in [4.78, 5) is 27.5. The maximum absolute atomic E-state index is 12.3. The molecule has 1 N–H and O–H groups in total. The summed E-state index contributed by atoms with van der Waals surface area (Å²) in [6.45, 7) is 3.19. The lowest BCUT2D eigenvalue weighted by Crippen LogP contribution is -2.34. The molecule has 1 unspecified atom stereocenters. The second-order valence-electron chi connectivity index (χ2n) is 6.05. The van der Waals surface area contributed by atoms with Crippen molar-refractivity contribution < 1.29 is 9.59 Å². The number of amides is 2. The van der Waals surface area contributed by atoms with Gasteiger partial charge in [-0.25, -0.2) is 0 Å². The summed E-state index contributed by atoms with van der Waals surface area (Å²) < 4.78 is 0. The molecule has 2 aromatic rings. The highest BCUT2D eigenvalue weighted by Crippen LogP contribution is 2.25. The molecule has 0 saturated carbocycles. The number of hydrogen-bond acceptors (Lipinski definition) is 3. The minimum Gasteiger partial charge on any atom is -0.355 e. The molecule has 0 radical (unpaired) electrons. The highest BCUT2D eigenvalue weighted by atomic mass is 32.1. The van der Waals surface area contributed by atoms with Crippen LogP contribution < -0.4 is 10.2 Å². The quantitative estimate of drug-likeness (QED) is 0.877. The van der Waals surface area contributed by atoms with Crippen molar-refractivity contribution in [3.63, 3.8) is 0 Å². The molecule has 1 atom stereocenters. The van der Waals surface area contributed by atoms with E-state index in [1.807, 2.05) is 35.7 Å². The van der Waals surface area contributed by atoms with E-state index >= 15 is 0 Å². The van der Waals surface area contributed by atoms with E-state index < -0.39 is 0 Å². The predicted octanol–water partition coefficient (Wildman–Crippen LogP) is 3.02. The van der Waals surface area contributed by atoms with E-state index in [0.717, 1.165) is 18.5 Å². The highest BCUT2D eigenvalue weighted by molar-refractivity contribution is 7.09. The molecule has 0 aliphatic carbocycles. The lowest BCUT2D eigenvalue weighted by Gasteiger charge is -2.17. The Morgan fingerprint density at radius 2 is 2.08 bits per heavy atom. The lowest BCUT2D eigenvalue weighted by atomic mass is 10.1. The van der Waals surface area contributed by atoms with Crippen LogP contribution in [0.1, 0.15) is 23.8 Å². The number of carbonyl (C=O) groups is 2. The van der Waals surface area contributed by atoms with Crippen LogP contribution in [0.4, 0.5) is 5.69 Å². The van der Waals surface area contributed by atoms with Crippen molar-refractivity contribution in [3.05, 3.63) is 52.2 Å². The number of thiophene rings is 1. The molecule has 1 aliphatic heterocycles. The van der Waals surface area contributed by atoms with Crippen molar-refractivity contribution in [2.45, 2.75) is 26.2 Å². The molecule has 4 nitrogen and oxygen atoms in total. The van der Waals surface area contributed by atoms with Gasteiger partial charge in [-0.15, -0.1) is 11.3 Å². The van der Waals surface area contributed by atoms with Gasteiger partial charge in [-0.1, -0.05) is 25.1 Å². The van der Waals surface area contributed by atoms with Crippen LogP contribution >= 0.6 is 11.3 Å². The topological polar surface area (TPSA) is 49.4 Å². The summed E-state index contributed by atoms with van der Waals surface area (Å²) in [5.74, 6) is -0.253. The SMILES string of the molecule is CCc1ccc(N2CC(C(=O)NCCc3cccs3)CC2=O)cc1. The molecule has 2 amide bonds. The third-order valence-corrected chi connectivity index (χ3v) is 5.34. The first kappa shape index (κ1) is 16.7. The van der Waals surface area contributed by atoms with Crippen molar-refractivity contribution in [3.8, 4) is 0 Å². The fourth-order valence-electron chi connectivity index (χ4n) is 2.95. The van der Waals surface area contributed by atoms with E-state index in [1.165, 1.54) is 10.4 Å². The van der Waals surface area contributed by atoms with Crippen molar-refractivity contribution in [2.24, 2.45) is 5.92 Å². The monoisotopic (exact) mass is 342 g/mol. The second-order valence-corrected chi connectivity index (χ2v) is 7.08. The summed E-state index contributed by atoms with van der Waals surface area (Å²) in [7, 11) is 0. The molecule has 0 spiro atoms. The Balaban J connectivity index is 1.54. The minimum atomic E-state index is -0.258. The van der Waals surface area contributed by atoms with Crippen LogP contribution in [0.25, 0.3) is 0 Å². The van der Waals surface area contributed by atoms with E-state index in [1.54, 1.807) is 16.2 Å². The van der Waals surface area contributed by atoms with E-state index in [4.69, 9.17) is 0 Å². The third-order valence-electron chi connectivity index (χ3n) is 4.40. The molecule has 126 valence electrons. The predicted molar refractivity (Wildman–Crippen MR) is 97.3 cm³/mol. The first-order valence-corrected chi connectivity index (χ1v) is 9.24. The number of rotatable bonds is 6. The Kier molecular flexibility index (Phi) is 5.30. The van der Waals surface area contributed by atoms with Crippen LogP contribution in [0.5, 0.6) is 0 Å². The van der Waals surface area contributed by atoms with Gasteiger partial charge in [0.1, 0.15) is 0 Å². The fraction of sp³-hybridized carbons (Fsp3) is 0.368. The molecule has 1 aromatic carbocycles. The zero-order valence-electron chi connectivity index (χ0n) is 13.8. The average Bonchev–Trinajstić information content (AvgIpc) is 3.24. The van der Waals surface area contributed by atoms with Crippen molar-refractivity contribution in [2.75, 3.05) is 18.0 Å². The van der Waals surface area contributed by atoms with Gasteiger partial charge in [0.2, 0.25) is 11.8 Å². The molecule has 3 rings (SSSR count). The molecule has 1 saturated heterocycles. The van der Waals surface area contributed by atoms with E-state index in [9.17, 15) is 9.59 Å². The van der Waals surface area contributed by atoms with E-state index in [2.05, 4.69) is 18.3 Å². The third kappa shape index (κ3) is 3.85. The van der Waals surface area contributed by atoms with E-state index in [0.29, 0.717) is 19.5 Å². The summed E-state index contributed by atoms with van der Waals surface area (Å²) in [6, 6.07) is 12.1. The largest absolute Gasteiger partial charge is 0.355 e. The Labute approximate surface area is 146 Å². The smallest absolute Gasteiger partial charge is 0.227 e. The van der Waals surface area contributed by atoms with Gasteiger partial charge >= 0.3 is 0 Å². The zero-order chi connectivity index (χ0) is 16.9. The number of benzene rings is 1. The summed E-state index contributed by atoms with van der Waals surface area (Å²) >= 11 is 1.69. The van der Waals surface area contributed by atoms with Crippen LogP contribution in [-0.4, -0.2) is 24.9 Å². The Morgan fingerprint density at radius 1 is 1.29 bits per heavy atom. The molecule has 5 heteroatoms. The van der Waals surface area contributed by atoms with Gasteiger partial charge in [-0.2, -0.15) is 0 Å². The Bertz CT molecular complexity index is 695. The zero-order valence-corrected chi connectivity index (χ0v) is 14.6. The van der Waals surface area contributed by atoms with Crippen molar-refractivity contribution in [1.29, 1.82) is 0 Å². The standard InChI is InChI=1S/C19H22N2O2S/c1-2-14-5-7-16(8-6-14)21-13-15(12-18(21)22)19(23)20-10-9-17-4-3-11-24-17/h3-8,11,15H,2,9-10,12-13H2,1H3,(H,20,23). The van der Waals surface area contributed by atoms with Crippen molar-refractivity contribution in [1.82, 2.24) is 5.32 Å². The number of carbonyl (C=O) groups excluding carboxylic acids is 2. The lowest BCUT2D eigenvalue weighted by molar-refractivity contribution is -0.126. The highest BCUT2D eigenvalue weighted by Gasteiger charge is 2.34. The number of anilines is 1. The molecular formula is C19H22N2O2S. The maximum atomic E-state index is 12.3. The molecule has 1 aliphatic rings. The molecule has 0 bridgehead atoms. The second kappa shape index (κ2) is 7.62. The summed E-state index contributed by atoms with van der Waals surface area (Å²) in [5, 5.41) is 5.00. The van der Waals surface area contributed by atoms with Gasteiger partial charge in [0.15, 0.2) is 0 Å². The number of nitrogens with one attached hydrogen (secondary N) is 1. The van der Waals surface area contributed by atoms with Crippen molar-refractivity contribution >= 4 is 28.8 Å². The average molecular weight is 342 g/mol. The van der Waals surface area contributed by atoms with Gasteiger partial charge in [0.05, 0.1) is 5.92 Å². The van der Waals surface area contributed by atoms with Crippen LogP contribution in [0, 0.1) is 5.92 Å². The van der Waals surface area contributed by atoms with Crippen LogP contribution in [0.15, 0.2) is 41.8 Å². The normalized spacial score (nSPS) is 17.3. The van der Waals surface area contributed by atoms with Crippen LogP contribution in [-0.2, 0) is 22.4 Å². The van der Waals surface area contributed by atoms with Gasteiger partial charge < -0.3 is 10.2 Å². The molecule has 1 aromatic heterocycles. The first-order valence-electron chi connectivity index (χ1n) is 8.36. The molecule has 1 fully saturated rings. The van der Waals surface area contributed by atoms with Gasteiger partial charge in [-0.3, -0.25) is 9.59 Å². The maximum Gasteiger partial charge on any atom is 0.227 e.